The quantitative estimate of drug-likeness (QED) is 0.710. The van der Waals surface area contributed by atoms with Gasteiger partial charge >= 0.3 is 0 Å². The molecule has 0 aromatic carbocycles. The second-order valence-electron chi connectivity index (χ2n) is 5.32. The lowest BCUT2D eigenvalue weighted by molar-refractivity contribution is 0.164. The molecule has 2 heteroatoms. The Morgan fingerprint density at radius 1 is 1.13 bits per heavy atom. The van der Waals surface area contributed by atoms with Crippen LogP contribution in [-0.4, -0.2) is 30.6 Å². The first-order valence-corrected chi connectivity index (χ1v) is 6.68. The molecule has 1 saturated carbocycles. The Morgan fingerprint density at radius 3 is 2.20 bits per heavy atom. The predicted molar refractivity (Wildman–Crippen MR) is 67.0 cm³/mol. The highest BCUT2D eigenvalue weighted by atomic mass is 15.2. The van der Waals surface area contributed by atoms with E-state index in [9.17, 15) is 0 Å². The van der Waals surface area contributed by atoms with Crippen molar-refractivity contribution in [2.75, 3.05) is 19.6 Å². The van der Waals surface area contributed by atoms with Gasteiger partial charge in [-0.05, 0) is 18.8 Å². The van der Waals surface area contributed by atoms with E-state index in [2.05, 4.69) is 18.7 Å². The fraction of sp³-hybridized carbons (Fsp3) is 1.00. The fourth-order valence-corrected chi connectivity index (χ4v) is 2.68. The summed E-state index contributed by atoms with van der Waals surface area (Å²) in [5.74, 6) is 0.764. The molecular formula is C13H28N2. The average Bonchev–Trinajstić information content (AvgIpc) is 2.44. The molecule has 1 aliphatic rings. The summed E-state index contributed by atoms with van der Waals surface area (Å²) >= 11 is 0. The van der Waals surface area contributed by atoms with Crippen molar-refractivity contribution in [3.8, 4) is 0 Å². The number of hydrogen-bond acceptors (Lipinski definition) is 2. The van der Waals surface area contributed by atoms with E-state index in [0.29, 0.717) is 0 Å². The molecule has 0 aromatic rings. The van der Waals surface area contributed by atoms with Crippen LogP contribution in [0.1, 0.15) is 52.4 Å². The van der Waals surface area contributed by atoms with Gasteiger partial charge in [0.2, 0.25) is 0 Å². The zero-order chi connectivity index (χ0) is 11.1. The van der Waals surface area contributed by atoms with Crippen LogP contribution >= 0.6 is 0 Å². The van der Waals surface area contributed by atoms with Crippen LogP contribution in [0.3, 0.4) is 0 Å². The molecule has 0 bridgehead atoms. The van der Waals surface area contributed by atoms with E-state index in [1.54, 1.807) is 0 Å². The van der Waals surface area contributed by atoms with Crippen LogP contribution < -0.4 is 5.73 Å². The van der Waals surface area contributed by atoms with Crippen LogP contribution in [0, 0.1) is 5.92 Å². The van der Waals surface area contributed by atoms with Gasteiger partial charge in [0, 0.05) is 25.7 Å². The molecule has 0 spiro atoms. The normalized spacial score (nSPS) is 19.8. The second-order valence-corrected chi connectivity index (χ2v) is 5.32. The molecule has 2 nitrogen and oxygen atoms in total. The third-order valence-corrected chi connectivity index (χ3v) is 3.36. The summed E-state index contributed by atoms with van der Waals surface area (Å²) in [6, 6.07) is 0.818. The highest BCUT2D eigenvalue weighted by Crippen LogP contribution is 2.22. The molecule has 0 saturated heterocycles. The van der Waals surface area contributed by atoms with Crippen LogP contribution in [0.5, 0.6) is 0 Å². The lowest BCUT2D eigenvalue weighted by atomic mass is 10.1. The molecule has 0 amide bonds. The maximum atomic E-state index is 5.71. The monoisotopic (exact) mass is 212 g/mol. The minimum atomic E-state index is 0.764. The molecule has 1 aliphatic carbocycles. The van der Waals surface area contributed by atoms with Crippen molar-refractivity contribution in [3.63, 3.8) is 0 Å². The van der Waals surface area contributed by atoms with Gasteiger partial charge in [0.1, 0.15) is 0 Å². The molecule has 0 atom stereocenters. The Morgan fingerprint density at radius 2 is 1.73 bits per heavy atom. The van der Waals surface area contributed by atoms with Crippen molar-refractivity contribution >= 4 is 0 Å². The Balaban J connectivity index is 2.44. The van der Waals surface area contributed by atoms with Gasteiger partial charge in [-0.1, -0.05) is 39.5 Å². The van der Waals surface area contributed by atoms with E-state index in [1.165, 1.54) is 45.1 Å². The van der Waals surface area contributed by atoms with Crippen LogP contribution in [0.2, 0.25) is 0 Å². The SMILES string of the molecule is CC(C)CN(CCN)C1CCCCCC1. The van der Waals surface area contributed by atoms with Crippen molar-refractivity contribution in [2.45, 2.75) is 58.4 Å². The molecule has 15 heavy (non-hydrogen) atoms. The van der Waals surface area contributed by atoms with Crippen molar-refractivity contribution in [2.24, 2.45) is 11.7 Å². The third-order valence-electron chi connectivity index (χ3n) is 3.36. The Kier molecular flexibility index (Phi) is 6.26. The molecule has 0 unspecified atom stereocenters. The molecule has 1 fully saturated rings. The molecule has 2 N–H and O–H groups in total. The number of nitrogens with two attached hydrogens (primary N) is 1. The van der Waals surface area contributed by atoms with Crippen LogP contribution in [0.15, 0.2) is 0 Å². The van der Waals surface area contributed by atoms with Gasteiger partial charge in [0.15, 0.2) is 0 Å². The highest BCUT2D eigenvalue weighted by molar-refractivity contribution is 4.75. The van der Waals surface area contributed by atoms with Crippen molar-refractivity contribution < 1.29 is 0 Å². The van der Waals surface area contributed by atoms with Gasteiger partial charge in [0.05, 0.1) is 0 Å². The van der Waals surface area contributed by atoms with Crippen molar-refractivity contribution in [1.29, 1.82) is 0 Å². The Labute approximate surface area is 95.2 Å². The summed E-state index contributed by atoms with van der Waals surface area (Å²) in [7, 11) is 0. The Bertz CT molecular complexity index is 149. The Hall–Kier alpha value is -0.0800. The van der Waals surface area contributed by atoms with Crippen LogP contribution in [-0.2, 0) is 0 Å². The largest absolute Gasteiger partial charge is 0.329 e. The second kappa shape index (κ2) is 7.24. The summed E-state index contributed by atoms with van der Waals surface area (Å²) in [5, 5.41) is 0. The zero-order valence-electron chi connectivity index (χ0n) is 10.5. The summed E-state index contributed by atoms with van der Waals surface area (Å²) in [5.41, 5.74) is 5.71. The maximum absolute atomic E-state index is 5.71. The molecule has 1 rings (SSSR count). The lowest BCUT2D eigenvalue weighted by Crippen LogP contribution is -2.40. The van der Waals surface area contributed by atoms with Gasteiger partial charge in [-0.15, -0.1) is 0 Å². The molecule has 90 valence electrons. The fourth-order valence-electron chi connectivity index (χ4n) is 2.68. The highest BCUT2D eigenvalue weighted by Gasteiger charge is 2.19. The topological polar surface area (TPSA) is 29.3 Å². The molecule has 0 aliphatic heterocycles. The number of hydrogen-bond donors (Lipinski definition) is 1. The summed E-state index contributed by atoms with van der Waals surface area (Å²) < 4.78 is 0. The van der Waals surface area contributed by atoms with Gasteiger partial charge in [-0.25, -0.2) is 0 Å². The maximum Gasteiger partial charge on any atom is 0.0108 e. The summed E-state index contributed by atoms with van der Waals surface area (Å²) in [4.78, 5) is 2.63. The van der Waals surface area contributed by atoms with Gasteiger partial charge in [-0.2, -0.15) is 0 Å². The summed E-state index contributed by atoms with van der Waals surface area (Å²) in [6.45, 7) is 7.73. The van der Waals surface area contributed by atoms with E-state index >= 15 is 0 Å². The van der Waals surface area contributed by atoms with E-state index in [4.69, 9.17) is 5.73 Å². The minimum Gasteiger partial charge on any atom is -0.329 e. The number of rotatable bonds is 5. The lowest BCUT2D eigenvalue weighted by Gasteiger charge is -2.32. The number of nitrogens with zero attached hydrogens (tertiary/aromatic N) is 1. The standard InChI is InChI=1S/C13H28N2/c1-12(2)11-15(10-9-14)13-7-5-3-4-6-8-13/h12-13H,3-11,14H2,1-2H3. The van der Waals surface area contributed by atoms with E-state index < -0.39 is 0 Å². The zero-order valence-corrected chi connectivity index (χ0v) is 10.5. The van der Waals surface area contributed by atoms with Crippen molar-refractivity contribution in [1.82, 2.24) is 4.90 Å². The predicted octanol–water partition coefficient (Wildman–Crippen LogP) is 2.63. The molecule has 0 radical (unpaired) electrons. The average molecular weight is 212 g/mol. The first-order chi connectivity index (χ1) is 7.24. The van der Waals surface area contributed by atoms with E-state index in [1.807, 2.05) is 0 Å². The van der Waals surface area contributed by atoms with Gasteiger partial charge < -0.3 is 5.73 Å². The first kappa shape index (κ1) is 13.0. The van der Waals surface area contributed by atoms with Crippen molar-refractivity contribution in [3.05, 3.63) is 0 Å². The van der Waals surface area contributed by atoms with Crippen LogP contribution in [0.25, 0.3) is 0 Å². The molecular weight excluding hydrogens is 184 g/mol. The molecule has 0 aromatic heterocycles. The smallest absolute Gasteiger partial charge is 0.0108 e. The van der Waals surface area contributed by atoms with Gasteiger partial charge in [-0.3, -0.25) is 4.90 Å². The van der Waals surface area contributed by atoms with Crippen LogP contribution in [0.4, 0.5) is 0 Å². The first-order valence-electron chi connectivity index (χ1n) is 6.68. The van der Waals surface area contributed by atoms with Gasteiger partial charge in [0.25, 0.3) is 0 Å². The summed E-state index contributed by atoms with van der Waals surface area (Å²) in [6.07, 6.45) is 8.51. The third kappa shape index (κ3) is 4.98. The minimum absolute atomic E-state index is 0.764. The van der Waals surface area contributed by atoms with E-state index in [-0.39, 0.29) is 0 Å². The van der Waals surface area contributed by atoms with E-state index in [0.717, 1.165) is 25.0 Å². The molecule has 0 heterocycles.